The van der Waals surface area contributed by atoms with Gasteiger partial charge in [-0.25, -0.2) is 4.42 Å². The van der Waals surface area contributed by atoms with Gasteiger partial charge in [0.2, 0.25) is 18.3 Å². The second-order valence-electron chi connectivity index (χ2n) is 15.6. The molecule has 7 rings (SSSR count). The summed E-state index contributed by atoms with van der Waals surface area (Å²) in [5, 5.41) is 147. The van der Waals surface area contributed by atoms with Crippen LogP contribution in [0, 0.1) is 0 Å². The smallest absolute Gasteiger partial charge is 0.402 e. The predicted molar refractivity (Wildman–Crippen MR) is 220 cm³/mol. The van der Waals surface area contributed by atoms with Gasteiger partial charge in [0.15, 0.2) is 35.4 Å². The van der Waals surface area contributed by atoms with Gasteiger partial charge in [0.05, 0.1) is 45.2 Å². The van der Waals surface area contributed by atoms with Crippen LogP contribution in [0.5, 0.6) is 40.2 Å². The van der Waals surface area contributed by atoms with Crippen molar-refractivity contribution in [3.05, 3.63) is 66.2 Å². The maximum atomic E-state index is 11.7. The maximum absolute atomic E-state index is 11.7. The molecule has 1 aromatic heterocycles. The standard InChI is InChI=1S/C43H50O23/c1-58-26-9-17(4-6-22(26)48)3-2-8-59-16-30-33(52)36(55)40(66-42-38(57)35(54)32(51)29(15-45)64-42)43(65-30)62-27-13-20-24(60-39(27)18-5-7-21(47)23(49)10-18)11-19(46)12-25(20)61-41-37(56)34(53)31(50)28(14-44)63-41/h2-7,9-13,28-38,40-45,50-57H,8,14-16H2,1H3,(H3-,46,47,48,49)/p+1/b3-2+/t28-,29-,30-,31-,32-,33-,34+,35+,36+,37-,38-,40-,41-,42+,43-/m1/s1. The van der Waals surface area contributed by atoms with Crippen LogP contribution in [-0.4, -0.2) is 197 Å². The Bertz CT molecular complexity index is 2310. The number of aromatic hydroxyl groups is 4. The van der Waals surface area contributed by atoms with E-state index in [1.54, 1.807) is 24.3 Å². The molecule has 3 aliphatic heterocycles. The lowest BCUT2D eigenvalue weighted by atomic mass is 9.97. The molecule has 3 saturated heterocycles. The second-order valence-corrected chi connectivity index (χ2v) is 15.6. The van der Waals surface area contributed by atoms with Crippen molar-refractivity contribution in [3.8, 4) is 51.6 Å². The summed E-state index contributed by atoms with van der Waals surface area (Å²) in [4.78, 5) is 0. The van der Waals surface area contributed by atoms with Crippen LogP contribution >= 0.6 is 0 Å². The lowest BCUT2D eigenvalue weighted by Gasteiger charge is -2.45. The number of hydrogen-bond donors (Lipinski definition) is 14. The molecule has 3 fully saturated rings. The van der Waals surface area contributed by atoms with Crippen LogP contribution in [0.3, 0.4) is 0 Å². The van der Waals surface area contributed by atoms with Crippen LogP contribution in [0.25, 0.3) is 28.4 Å². The highest BCUT2D eigenvalue weighted by Crippen LogP contribution is 2.44. The van der Waals surface area contributed by atoms with Crippen molar-refractivity contribution in [2.75, 3.05) is 33.5 Å². The van der Waals surface area contributed by atoms with Gasteiger partial charge in [-0.3, -0.25) is 0 Å². The van der Waals surface area contributed by atoms with Gasteiger partial charge < -0.3 is 109 Å². The third kappa shape index (κ3) is 10.2. The van der Waals surface area contributed by atoms with Gasteiger partial charge in [-0.2, -0.15) is 0 Å². The summed E-state index contributed by atoms with van der Waals surface area (Å²) in [6, 6.07) is 11.6. The van der Waals surface area contributed by atoms with E-state index in [1.807, 2.05) is 0 Å². The van der Waals surface area contributed by atoms with Crippen LogP contribution in [-0.2, 0) is 23.7 Å². The van der Waals surface area contributed by atoms with Crippen LogP contribution in [0.15, 0.2) is 65.1 Å². The number of hydrogen-bond acceptors (Lipinski definition) is 22. The Morgan fingerprint density at radius 3 is 1.88 bits per heavy atom. The number of benzene rings is 3. The van der Waals surface area contributed by atoms with Crippen molar-refractivity contribution in [1.29, 1.82) is 0 Å². The van der Waals surface area contributed by atoms with Gasteiger partial charge in [-0.05, 0) is 29.8 Å². The van der Waals surface area contributed by atoms with E-state index >= 15 is 0 Å². The SMILES string of the molecule is COc1cc(/C=C/COC[C@H]2O[C@@H](Oc3cc4c(O[C@@H]5O[C@H](CO)[C@@H](O)[C@H](O)[C@H]5O)cc(O)cc4[o+]c3-c3ccc(O)c(O)c3)[C@H](O[C@@H]3O[C@H](CO)[C@@H](O)[C@H](O)[C@H]3O)[C@@H](O)[C@@H]2O)ccc1O. The zero-order valence-corrected chi connectivity index (χ0v) is 34.8. The van der Waals surface area contributed by atoms with Crippen molar-refractivity contribution in [2.24, 2.45) is 0 Å². The number of aliphatic hydroxyl groups excluding tert-OH is 10. The normalized spacial score (nSPS) is 32.7. The summed E-state index contributed by atoms with van der Waals surface area (Å²) >= 11 is 0. The molecule has 0 bridgehead atoms. The molecule has 0 aliphatic carbocycles. The zero-order valence-electron chi connectivity index (χ0n) is 34.8. The third-order valence-electron chi connectivity index (χ3n) is 11.2. The Balaban J connectivity index is 1.25. The molecular weight excluding hydrogens is 884 g/mol. The molecule has 0 radical (unpaired) electrons. The molecule has 23 heteroatoms. The minimum absolute atomic E-state index is 0.0302. The summed E-state index contributed by atoms with van der Waals surface area (Å²) in [7, 11) is 1.39. The van der Waals surface area contributed by atoms with Gasteiger partial charge in [-0.1, -0.05) is 18.2 Å². The molecule has 0 amide bonds. The van der Waals surface area contributed by atoms with Crippen molar-refractivity contribution in [2.45, 2.75) is 92.1 Å². The molecule has 4 heterocycles. The largest absolute Gasteiger partial charge is 0.507 e. The molecular formula is C43H51O23+. The summed E-state index contributed by atoms with van der Waals surface area (Å²) in [6.45, 7) is -2.08. The summed E-state index contributed by atoms with van der Waals surface area (Å²) in [5.41, 5.74) is 0.529. The molecule has 14 N–H and O–H groups in total. The number of methoxy groups -OCH3 is 1. The first kappa shape index (κ1) is 48.7. The number of ether oxygens (including phenoxy) is 8. The fourth-order valence-electron chi connectivity index (χ4n) is 7.49. The van der Waals surface area contributed by atoms with Crippen molar-refractivity contribution >= 4 is 17.0 Å². The van der Waals surface area contributed by atoms with Gasteiger partial charge in [-0.15, -0.1) is 0 Å². The molecule has 4 aromatic rings. The second kappa shape index (κ2) is 20.8. The van der Waals surface area contributed by atoms with Crippen molar-refractivity contribution < 1.29 is 114 Å². The topological polar surface area (TPSA) is 368 Å². The average molecular weight is 936 g/mol. The molecule has 0 spiro atoms. The average Bonchev–Trinajstić information content (AvgIpc) is 3.30. The summed E-state index contributed by atoms with van der Waals surface area (Å²) in [5.74, 6) is -2.29. The van der Waals surface area contributed by atoms with Gasteiger partial charge in [0, 0.05) is 18.2 Å². The minimum Gasteiger partial charge on any atom is -0.507 e. The molecule has 66 heavy (non-hydrogen) atoms. The zero-order chi connectivity index (χ0) is 47.6. The molecule has 15 atom stereocenters. The Hall–Kier alpha value is -5.19. The molecule has 360 valence electrons. The van der Waals surface area contributed by atoms with E-state index in [0.29, 0.717) is 5.56 Å². The highest BCUT2D eigenvalue weighted by atomic mass is 16.8. The van der Waals surface area contributed by atoms with Gasteiger partial charge in [0.1, 0.15) is 84.0 Å². The van der Waals surface area contributed by atoms with E-state index < -0.39 is 129 Å². The number of aliphatic hydroxyl groups is 10. The molecule has 3 aromatic carbocycles. The molecule has 0 saturated carbocycles. The maximum Gasteiger partial charge on any atom is 0.402 e. The van der Waals surface area contributed by atoms with Crippen LogP contribution < -0.4 is 14.2 Å². The van der Waals surface area contributed by atoms with E-state index in [-0.39, 0.29) is 51.9 Å². The minimum atomic E-state index is -1.99. The van der Waals surface area contributed by atoms with E-state index in [9.17, 15) is 71.5 Å². The van der Waals surface area contributed by atoms with Crippen LogP contribution in [0.2, 0.25) is 0 Å². The summed E-state index contributed by atoms with van der Waals surface area (Å²) < 4.78 is 52.5. The highest BCUT2D eigenvalue weighted by molar-refractivity contribution is 5.89. The first-order valence-corrected chi connectivity index (χ1v) is 20.4. The summed E-state index contributed by atoms with van der Waals surface area (Å²) in [6.07, 6.45) is -23.3. The number of phenolic OH excluding ortho intramolecular Hbond substituents is 4. The van der Waals surface area contributed by atoms with E-state index in [1.165, 1.54) is 25.3 Å². The van der Waals surface area contributed by atoms with Crippen molar-refractivity contribution in [1.82, 2.24) is 0 Å². The van der Waals surface area contributed by atoms with Gasteiger partial charge in [0.25, 0.3) is 0 Å². The predicted octanol–water partition coefficient (Wildman–Crippen LogP) is -1.87. The lowest BCUT2D eigenvalue weighted by Crippen LogP contribution is -2.65. The highest BCUT2D eigenvalue weighted by Gasteiger charge is 2.52. The first-order chi connectivity index (χ1) is 31.5. The number of rotatable bonds is 15. The van der Waals surface area contributed by atoms with Gasteiger partial charge >= 0.3 is 11.3 Å². The van der Waals surface area contributed by atoms with E-state index in [4.69, 9.17) is 42.3 Å². The molecule has 3 aliphatic rings. The monoisotopic (exact) mass is 935 g/mol. The number of phenols is 4. The van der Waals surface area contributed by atoms with Crippen molar-refractivity contribution in [3.63, 3.8) is 0 Å². The Labute approximate surface area is 373 Å². The Morgan fingerprint density at radius 1 is 0.591 bits per heavy atom. The number of fused-ring (bicyclic) bond motifs is 1. The Morgan fingerprint density at radius 2 is 1.21 bits per heavy atom. The Kier molecular flexibility index (Phi) is 15.3. The first-order valence-electron chi connectivity index (χ1n) is 20.4. The lowest BCUT2D eigenvalue weighted by molar-refractivity contribution is -0.358. The quantitative estimate of drug-likeness (QED) is 0.0353. The van der Waals surface area contributed by atoms with Crippen LogP contribution in [0.1, 0.15) is 5.56 Å². The molecule has 23 nitrogen and oxygen atoms in total. The van der Waals surface area contributed by atoms with E-state index in [2.05, 4.69) is 0 Å². The van der Waals surface area contributed by atoms with E-state index in [0.717, 1.165) is 24.3 Å². The van der Waals surface area contributed by atoms with Crippen LogP contribution in [0.4, 0.5) is 0 Å². The fourth-order valence-corrected chi connectivity index (χ4v) is 7.49. The molecule has 0 unspecified atom stereocenters. The fraction of sp³-hybridized carbons (Fsp3) is 0.465. The third-order valence-corrected chi connectivity index (χ3v) is 11.2.